The van der Waals surface area contributed by atoms with Crippen LogP contribution in [-0.2, 0) is 33.4 Å². The maximum atomic E-state index is 13.3. The first-order chi connectivity index (χ1) is 56.2. The third-order valence-electron chi connectivity index (χ3n) is 23.7. The number of hydrogen-bond acceptors (Lipinski definition) is 24. The topological polar surface area (TPSA) is 374 Å². The Morgan fingerprint density at radius 1 is 0.402 bits per heavy atom. The number of carboxylic acids is 2. The summed E-state index contributed by atoms with van der Waals surface area (Å²) in [5, 5.41) is 66.5. The molecular formula is C86H131N11O20. The summed E-state index contributed by atoms with van der Waals surface area (Å²) in [6.45, 7) is 28.3. The SMILES string of the molecule is CC(C)(C)OC(=O)N1CCC(C(=O)N[C@H](CN2CCCC2)[C@H](O)c2ccc3c(c2)OCCO3)C1.CC(C)(C)OC(=O)N1CCC(C(=O)O)C1.O=C(N[C@H](CN1CCCC1)[C@H](O)c1ccc2c(c1)OCCO2)C1CCNC1.O=C(N[C@H](CN1CCCC1)[C@H](O)c1ccc2c(c1)OCCO2)[C@H]1CCN(C2CCCCC2)C1.O=C(O)C1CCNC1. The highest BCUT2D eigenvalue weighted by molar-refractivity contribution is 5.82. The van der Waals surface area contributed by atoms with E-state index in [0.717, 1.165) is 109 Å². The van der Waals surface area contributed by atoms with Crippen molar-refractivity contribution < 1.29 is 97.0 Å². The van der Waals surface area contributed by atoms with Crippen molar-refractivity contribution in [1.29, 1.82) is 0 Å². The predicted octanol–water partition coefficient (Wildman–Crippen LogP) is 6.75. The third-order valence-corrected chi connectivity index (χ3v) is 23.7. The zero-order valence-electron chi connectivity index (χ0n) is 69.7. The third kappa shape index (κ3) is 27.0. The fourth-order valence-electron chi connectivity index (χ4n) is 17.2. The molecule has 8 saturated heterocycles. The van der Waals surface area contributed by atoms with Crippen LogP contribution in [0.2, 0.25) is 0 Å². The van der Waals surface area contributed by atoms with E-state index in [2.05, 4.69) is 46.2 Å². The molecule has 31 heteroatoms. The standard InChI is InChI=1S/C26H39N3O4.C25H37N3O6.C20H29N3O4.C10H17NO4.C5H9NO2/c30-25(19-8-9-23-24(16-19)33-15-14-32-23)22(18-28-11-4-5-12-28)27-26(31)20-10-13-29(17-20)21-6-2-1-3-7-21;1-25(2,3)34-24(31)28-11-8-18(15-28)23(30)26-19(16-27-9-4-5-10-27)22(29)17-6-7-20-21(14-17)33-13-12-32-20;24-19(14-3-4-17-18(11-14)27-10-9-26-17)16(13-23-7-1-2-8-23)22-20(25)15-5-6-21-12-15;1-10(2,3)15-9(14)11-5-4-7(6-11)8(12)13;7-5(8)4-1-2-6-3-4/h8-9,16,20-22,25,30H,1-7,10-15,17-18H2,(H,27,31);6-7,14,18-19,22,29H,4-5,8-13,15-16H2,1-3H3,(H,26,30);3-4,11,15-16,19,21,24H,1-2,5-10,12-13H2,(H,22,25);7H,4-6H2,1-3H3,(H,12,13);4,6H,1-3H2,(H,7,8)/t20-,22+,25+;18?,19-,22-;15?,16-,19-;;/m011../s1. The molecule has 0 spiro atoms. The summed E-state index contributed by atoms with van der Waals surface area (Å²) in [6, 6.07) is 16.0. The number of ether oxygens (including phenoxy) is 8. The average Bonchev–Trinajstić information content (AvgIpc) is 1.02. The predicted molar refractivity (Wildman–Crippen MR) is 436 cm³/mol. The molecule has 12 aliphatic rings. The lowest BCUT2D eigenvalue weighted by Gasteiger charge is -2.32. The van der Waals surface area contributed by atoms with Crippen molar-refractivity contribution >= 4 is 41.8 Å². The van der Waals surface area contributed by atoms with Crippen LogP contribution < -0.4 is 55.0 Å². The Kier molecular flexibility index (Phi) is 33.2. The van der Waals surface area contributed by atoms with E-state index < -0.39 is 65.6 Å². The Morgan fingerprint density at radius 3 is 1.08 bits per heavy atom. The molecular weight excluding hydrogens is 1510 g/mol. The van der Waals surface area contributed by atoms with Crippen LogP contribution in [0.5, 0.6) is 34.5 Å². The first kappa shape index (κ1) is 89.8. The number of aliphatic hydroxyl groups is 3. The van der Waals surface area contributed by atoms with E-state index in [-0.39, 0.29) is 60.0 Å². The van der Waals surface area contributed by atoms with Gasteiger partial charge in [-0.1, -0.05) is 37.5 Å². The van der Waals surface area contributed by atoms with E-state index in [4.69, 9.17) is 48.1 Å². The van der Waals surface area contributed by atoms with Crippen LogP contribution in [0.15, 0.2) is 54.6 Å². The fraction of sp³-hybridized carbons (Fsp3) is 0.709. The summed E-state index contributed by atoms with van der Waals surface area (Å²) < 4.78 is 44.4. The minimum absolute atomic E-state index is 0.0143. The van der Waals surface area contributed by atoms with Crippen LogP contribution in [0.1, 0.15) is 179 Å². The monoisotopic (exact) mass is 1640 g/mol. The zero-order chi connectivity index (χ0) is 83.2. The van der Waals surface area contributed by atoms with Gasteiger partial charge in [0.25, 0.3) is 0 Å². The number of benzene rings is 3. The van der Waals surface area contributed by atoms with Crippen molar-refractivity contribution in [2.45, 2.75) is 198 Å². The van der Waals surface area contributed by atoms with E-state index in [0.29, 0.717) is 151 Å². The number of carbonyl (C=O) groups excluding carboxylic acids is 5. The number of carboxylic acid groups (broad SMARTS) is 2. The van der Waals surface area contributed by atoms with Crippen LogP contribution in [-0.4, -0.2) is 296 Å². The molecule has 0 bridgehead atoms. The number of likely N-dealkylation sites (tertiary alicyclic amines) is 6. The van der Waals surface area contributed by atoms with E-state index in [1.165, 1.54) is 62.7 Å². The van der Waals surface area contributed by atoms with Crippen LogP contribution in [0.25, 0.3) is 0 Å². The van der Waals surface area contributed by atoms with Gasteiger partial charge in [-0.3, -0.25) is 28.9 Å². The van der Waals surface area contributed by atoms with Gasteiger partial charge in [-0.15, -0.1) is 0 Å². The number of carbonyl (C=O) groups is 7. The quantitative estimate of drug-likeness (QED) is 0.0527. The second-order valence-electron chi connectivity index (χ2n) is 35.1. The lowest BCUT2D eigenvalue weighted by molar-refractivity contribution is -0.142. The molecule has 1 aliphatic carbocycles. The highest BCUT2D eigenvalue weighted by Crippen LogP contribution is 2.38. The van der Waals surface area contributed by atoms with Gasteiger partial charge in [-0.05, 0) is 237 Å². The number of amides is 5. The van der Waals surface area contributed by atoms with Crippen LogP contribution in [0.3, 0.4) is 0 Å². The molecule has 11 heterocycles. The molecule has 11 aliphatic heterocycles. The van der Waals surface area contributed by atoms with Gasteiger partial charge in [0.05, 0.1) is 47.7 Å². The van der Waals surface area contributed by atoms with Gasteiger partial charge in [0.15, 0.2) is 34.5 Å². The second kappa shape index (κ2) is 43.3. The van der Waals surface area contributed by atoms with Crippen LogP contribution >= 0.6 is 0 Å². The normalized spacial score (nSPS) is 24.3. The summed E-state index contributed by atoms with van der Waals surface area (Å²) >= 11 is 0. The number of fused-ring (bicyclic) bond motifs is 3. The highest BCUT2D eigenvalue weighted by atomic mass is 16.6. The van der Waals surface area contributed by atoms with Crippen molar-refractivity contribution in [3.63, 3.8) is 0 Å². The van der Waals surface area contributed by atoms with Gasteiger partial charge in [-0.2, -0.15) is 0 Å². The molecule has 3 aromatic rings. The summed E-state index contributed by atoms with van der Waals surface area (Å²) in [4.78, 5) is 96.5. The van der Waals surface area contributed by atoms with Gasteiger partial charge in [-0.25, -0.2) is 9.59 Å². The van der Waals surface area contributed by atoms with Gasteiger partial charge >= 0.3 is 24.1 Å². The van der Waals surface area contributed by atoms with Gasteiger partial charge in [0.2, 0.25) is 17.7 Å². The van der Waals surface area contributed by atoms with Crippen LogP contribution in [0.4, 0.5) is 9.59 Å². The van der Waals surface area contributed by atoms with E-state index >= 15 is 0 Å². The maximum Gasteiger partial charge on any atom is 0.410 e. The lowest BCUT2D eigenvalue weighted by Crippen LogP contribution is -2.49. The largest absolute Gasteiger partial charge is 0.486 e. The van der Waals surface area contributed by atoms with Crippen molar-refractivity contribution in [3.8, 4) is 34.5 Å². The second-order valence-corrected chi connectivity index (χ2v) is 35.1. The number of nitrogens with one attached hydrogen (secondary N) is 5. The molecule has 650 valence electrons. The number of aliphatic carboxylic acids is 2. The van der Waals surface area contributed by atoms with E-state index in [1.807, 2.05) is 63.2 Å². The summed E-state index contributed by atoms with van der Waals surface area (Å²) in [7, 11) is 0. The maximum absolute atomic E-state index is 13.3. The molecule has 117 heavy (non-hydrogen) atoms. The Labute approximate surface area is 689 Å². The van der Waals surface area contributed by atoms with E-state index in [1.54, 1.807) is 37.8 Å². The molecule has 1 saturated carbocycles. The highest BCUT2D eigenvalue weighted by Gasteiger charge is 2.40. The minimum Gasteiger partial charge on any atom is -0.486 e. The van der Waals surface area contributed by atoms with Crippen molar-refractivity contribution in [3.05, 3.63) is 71.3 Å². The Morgan fingerprint density at radius 2 is 0.735 bits per heavy atom. The molecule has 0 radical (unpaired) electrons. The minimum atomic E-state index is -0.899. The molecule has 11 atom stereocenters. The average molecular weight is 1640 g/mol. The molecule has 4 unspecified atom stereocenters. The summed E-state index contributed by atoms with van der Waals surface area (Å²) in [6.07, 6.45) is 13.8. The smallest absolute Gasteiger partial charge is 0.410 e. The van der Waals surface area contributed by atoms with E-state index in [9.17, 15) is 48.9 Å². The summed E-state index contributed by atoms with van der Waals surface area (Å²) in [5.41, 5.74) is 1.08. The molecule has 9 fully saturated rings. The molecule has 10 N–H and O–H groups in total. The lowest BCUT2D eigenvalue weighted by atomic mass is 9.94. The molecule has 31 nitrogen and oxygen atoms in total. The zero-order valence-corrected chi connectivity index (χ0v) is 69.7. The number of hydrogen-bond donors (Lipinski definition) is 10. The van der Waals surface area contributed by atoms with Crippen molar-refractivity contribution in [2.75, 3.05) is 164 Å². The Bertz CT molecular complexity index is 3720. The number of rotatable bonds is 21. The number of nitrogens with zero attached hydrogens (tertiary/aromatic N) is 6. The first-order valence-electron chi connectivity index (χ1n) is 43.1. The van der Waals surface area contributed by atoms with Gasteiger partial charge in [0.1, 0.15) is 69.2 Å². The molecule has 3 aromatic carbocycles. The van der Waals surface area contributed by atoms with Gasteiger partial charge in [0, 0.05) is 71.5 Å². The Hall–Kier alpha value is -8.01. The number of aliphatic hydroxyl groups excluding tert-OH is 3. The molecule has 15 rings (SSSR count). The first-order valence-corrected chi connectivity index (χ1v) is 43.1. The molecule has 0 aromatic heterocycles. The Balaban J connectivity index is 0.000000152. The van der Waals surface area contributed by atoms with Crippen LogP contribution in [0, 0.1) is 29.6 Å². The van der Waals surface area contributed by atoms with Gasteiger partial charge < -0.3 is 115 Å². The summed E-state index contributed by atoms with van der Waals surface area (Å²) in [5.74, 6) is 1.56. The van der Waals surface area contributed by atoms with Crippen molar-refractivity contribution in [2.24, 2.45) is 29.6 Å². The fourth-order valence-corrected chi connectivity index (χ4v) is 17.2. The van der Waals surface area contributed by atoms with Crippen molar-refractivity contribution in [1.82, 2.24) is 56.0 Å². The molecule has 5 amide bonds.